The Hall–Kier alpha value is -3.00. The molecular weight excluding hydrogens is 365 g/mol. The second-order valence-corrected chi connectivity index (χ2v) is 7.25. The van der Waals surface area contributed by atoms with Gasteiger partial charge in [0.15, 0.2) is 0 Å². The summed E-state index contributed by atoms with van der Waals surface area (Å²) in [5, 5.41) is 2.70. The number of amides is 2. The fourth-order valence-corrected chi connectivity index (χ4v) is 3.51. The van der Waals surface area contributed by atoms with E-state index in [0.29, 0.717) is 23.4 Å². The number of carbonyl (C=O) groups is 2. The van der Waals surface area contributed by atoms with Gasteiger partial charge in [0.1, 0.15) is 23.4 Å². The summed E-state index contributed by atoms with van der Waals surface area (Å²) in [6.45, 7) is 3.69. The molecule has 3 rings (SSSR count). The Kier molecular flexibility index (Phi) is 5.33. The number of aromatic nitrogens is 1. The number of nitrogens with two attached hydrogens (primary N) is 1. The number of methoxy groups -OCH3 is 1. The van der Waals surface area contributed by atoms with E-state index >= 15 is 0 Å². The first-order valence-electron chi connectivity index (χ1n) is 8.79. The molecule has 0 unspecified atom stereocenters. The average molecular weight is 387 g/mol. The summed E-state index contributed by atoms with van der Waals surface area (Å²) in [5.74, 6) is -1.79. The van der Waals surface area contributed by atoms with Gasteiger partial charge in [-0.1, -0.05) is 6.07 Å². The number of hydrogen-bond acceptors (Lipinski definition) is 5. The average Bonchev–Trinajstić information content (AvgIpc) is 2.96. The summed E-state index contributed by atoms with van der Waals surface area (Å²) >= 11 is 0. The van der Waals surface area contributed by atoms with E-state index in [1.807, 2.05) is 13.8 Å². The number of carbonyl (C=O) groups excluding carboxylic acids is 2. The highest BCUT2D eigenvalue weighted by molar-refractivity contribution is 5.97. The normalized spacial score (nSPS) is 20.6. The Morgan fingerprint density at radius 2 is 2.11 bits per heavy atom. The molecule has 2 atom stereocenters. The molecule has 0 saturated carbocycles. The highest BCUT2D eigenvalue weighted by atomic mass is 19.1. The lowest BCUT2D eigenvalue weighted by atomic mass is 9.86. The van der Waals surface area contributed by atoms with E-state index in [0.717, 1.165) is 0 Å². The lowest BCUT2D eigenvalue weighted by Gasteiger charge is -2.21. The molecule has 28 heavy (non-hydrogen) atoms. The molecule has 1 aliphatic heterocycles. The van der Waals surface area contributed by atoms with Crippen molar-refractivity contribution >= 4 is 17.5 Å². The second-order valence-electron chi connectivity index (χ2n) is 7.25. The Bertz CT molecular complexity index is 916. The number of pyridine rings is 1. The zero-order chi connectivity index (χ0) is 20.5. The highest BCUT2D eigenvalue weighted by Crippen LogP contribution is 2.45. The molecule has 2 heterocycles. The van der Waals surface area contributed by atoms with Crippen LogP contribution in [-0.2, 0) is 9.53 Å². The number of ether oxygens (including phenoxy) is 2. The molecule has 2 amide bonds. The van der Waals surface area contributed by atoms with Crippen molar-refractivity contribution in [2.45, 2.75) is 37.9 Å². The van der Waals surface area contributed by atoms with Crippen LogP contribution in [0.4, 0.5) is 10.1 Å². The van der Waals surface area contributed by atoms with Gasteiger partial charge in [0.05, 0.1) is 12.7 Å². The zero-order valence-corrected chi connectivity index (χ0v) is 15.9. The van der Waals surface area contributed by atoms with Crippen LogP contribution in [0, 0.1) is 5.82 Å². The van der Waals surface area contributed by atoms with Gasteiger partial charge >= 0.3 is 0 Å². The summed E-state index contributed by atoms with van der Waals surface area (Å²) in [6.07, 6.45) is 0.864. The predicted molar refractivity (Wildman–Crippen MR) is 101 cm³/mol. The van der Waals surface area contributed by atoms with E-state index in [-0.39, 0.29) is 5.69 Å². The molecule has 1 saturated heterocycles. The standard InChI is InChI=1S/C20H22FN3O4/c1-20(2)10-12(16-13(21)5-4-6-15(16)27-3)17(28-20)19(26)24-11-7-8-23-14(9-11)18(22)25/h4-9,12,17H,10H2,1-3H3,(H2,22,25)(H,23,24,26)/t12-,17+/m0/s1. The smallest absolute Gasteiger partial charge is 0.267 e. The molecule has 1 aromatic heterocycles. The summed E-state index contributed by atoms with van der Waals surface area (Å²) in [7, 11) is 1.45. The molecule has 1 fully saturated rings. The molecule has 0 spiro atoms. The largest absolute Gasteiger partial charge is 0.496 e. The van der Waals surface area contributed by atoms with Crippen molar-refractivity contribution in [1.82, 2.24) is 4.98 Å². The number of rotatable bonds is 5. The van der Waals surface area contributed by atoms with Crippen LogP contribution in [0.15, 0.2) is 36.5 Å². The van der Waals surface area contributed by atoms with Crippen molar-refractivity contribution in [1.29, 1.82) is 0 Å². The third-order valence-corrected chi connectivity index (χ3v) is 4.66. The molecule has 1 aliphatic rings. The summed E-state index contributed by atoms with van der Waals surface area (Å²) in [5.41, 5.74) is 5.28. The van der Waals surface area contributed by atoms with E-state index in [1.54, 1.807) is 12.1 Å². The van der Waals surface area contributed by atoms with Gasteiger partial charge in [-0.3, -0.25) is 14.6 Å². The van der Waals surface area contributed by atoms with Crippen molar-refractivity contribution in [2.24, 2.45) is 5.73 Å². The van der Waals surface area contributed by atoms with E-state index in [1.165, 1.54) is 31.5 Å². The van der Waals surface area contributed by atoms with Crippen molar-refractivity contribution in [3.05, 3.63) is 53.6 Å². The number of nitrogens with zero attached hydrogens (tertiary/aromatic N) is 1. The van der Waals surface area contributed by atoms with Crippen LogP contribution < -0.4 is 15.8 Å². The quantitative estimate of drug-likeness (QED) is 0.821. The minimum atomic E-state index is -0.939. The topological polar surface area (TPSA) is 104 Å². The van der Waals surface area contributed by atoms with E-state index in [9.17, 15) is 14.0 Å². The second kappa shape index (κ2) is 7.55. The molecule has 0 bridgehead atoms. The van der Waals surface area contributed by atoms with Crippen molar-refractivity contribution in [3.63, 3.8) is 0 Å². The van der Waals surface area contributed by atoms with Crippen molar-refractivity contribution in [3.8, 4) is 5.75 Å². The van der Waals surface area contributed by atoms with Gasteiger partial charge in [0.2, 0.25) is 0 Å². The van der Waals surface area contributed by atoms with Crippen LogP contribution in [0.25, 0.3) is 0 Å². The van der Waals surface area contributed by atoms with Crippen molar-refractivity contribution < 1.29 is 23.5 Å². The Balaban J connectivity index is 1.92. The molecule has 2 aromatic rings. The van der Waals surface area contributed by atoms with Crippen LogP contribution in [-0.4, -0.2) is 35.6 Å². The summed E-state index contributed by atoms with van der Waals surface area (Å²) in [6, 6.07) is 7.44. The maximum absolute atomic E-state index is 14.6. The number of hydrogen-bond donors (Lipinski definition) is 2. The lowest BCUT2D eigenvalue weighted by molar-refractivity contribution is -0.130. The zero-order valence-electron chi connectivity index (χ0n) is 15.9. The molecular formula is C20H22FN3O4. The Labute approximate surface area is 162 Å². The highest BCUT2D eigenvalue weighted by Gasteiger charge is 2.46. The monoisotopic (exact) mass is 387 g/mol. The van der Waals surface area contributed by atoms with Crippen LogP contribution in [0.5, 0.6) is 5.75 Å². The van der Waals surface area contributed by atoms with Crippen LogP contribution >= 0.6 is 0 Å². The Morgan fingerprint density at radius 3 is 2.79 bits per heavy atom. The first-order valence-corrected chi connectivity index (χ1v) is 8.79. The Morgan fingerprint density at radius 1 is 1.36 bits per heavy atom. The van der Waals surface area contributed by atoms with E-state index in [2.05, 4.69) is 10.3 Å². The van der Waals surface area contributed by atoms with Crippen LogP contribution in [0.1, 0.15) is 42.2 Å². The van der Waals surface area contributed by atoms with Crippen molar-refractivity contribution in [2.75, 3.05) is 12.4 Å². The fraction of sp³-hybridized carbons (Fsp3) is 0.350. The molecule has 1 aromatic carbocycles. The molecule has 148 valence electrons. The number of anilines is 1. The minimum Gasteiger partial charge on any atom is -0.496 e. The van der Waals surface area contributed by atoms with E-state index in [4.69, 9.17) is 15.2 Å². The molecule has 8 heteroatoms. The number of nitrogens with one attached hydrogen (secondary N) is 1. The summed E-state index contributed by atoms with van der Waals surface area (Å²) < 4.78 is 25.9. The number of benzene rings is 1. The van der Waals surface area contributed by atoms with Gasteiger partial charge in [-0.25, -0.2) is 4.39 Å². The van der Waals surface area contributed by atoms with Gasteiger partial charge < -0.3 is 20.5 Å². The third kappa shape index (κ3) is 3.96. The third-order valence-electron chi connectivity index (χ3n) is 4.66. The van der Waals surface area contributed by atoms with Gasteiger partial charge in [0, 0.05) is 23.4 Å². The number of primary amides is 1. The van der Waals surface area contributed by atoms with Gasteiger partial charge in [-0.05, 0) is 44.5 Å². The van der Waals surface area contributed by atoms with Gasteiger partial charge in [-0.2, -0.15) is 0 Å². The first-order chi connectivity index (χ1) is 13.2. The first kappa shape index (κ1) is 19.8. The van der Waals surface area contributed by atoms with E-state index < -0.39 is 35.3 Å². The molecule has 7 nitrogen and oxygen atoms in total. The fourth-order valence-electron chi connectivity index (χ4n) is 3.51. The molecule has 0 radical (unpaired) electrons. The maximum Gasteiger partial charge on any atom is 0.267 e. The lowest BCUT2D eigenvalue weighted by Crippen LogP contribution is -2.33. The SMILES string of the molecule is COc1cccc(F)c1[C@@H]1CC(C)(C)O[C@H]1C(=O)Nc1ccnc(C(N)=O)c1. The minimum absolute atomic E-state index is 0.0257. The summed E-state index contributed by atoms with van der Waals surface area (Å²) in [4.78, 5) is 28.1. The van der Waals surface area contributed by atoms with Crippen LogP contribution in [0.3, 0.4) is 0 Å². The molecule has 0 aliphatic carbocycles. The molecule has 3 N–H and O–H groups in total. The van der Waals surface area contributed by atoms with Gasteiger partial charge in [-0.15, -0.1) is 0 Å². The number of halogens is 1. The van der Waals surface area contributed by atoms with Crippen LogP contribution in [0.2, 0.25) is 0 Å². The maximum atomic E-state index is 14.6. The predicted octanol–water partition coefficient (Wildman–Crippen LogP) is 2.62. The van der Waals surface area contributed by atoms with Gasteiger partial charge in [0.25, 0.3) is 11.8 Å².